The molecule has 5 heteroatoms. The highest BCUT2D eigenvalue weighted by Crippen LogP contribution is 2.39. The molecule has 1 aromatic carbocycles. The summed E-state index contributed by atoms with van der Waals surface area (Å²) in [6.07, 6.45) is 3.09. The highest BCUT2D eigenvalue weighted by molar-refractivity contribution is 5.92. The largest absolute Gasteiger partial charge is 0.496 e. The number of para-hydroxylation sites is 1. The van der Waals surface area contributed by atoms with Gasteiger partial charge in [-0.1, -0.05) is 18.2 Å². The smallest absolute Gasteiger partial charge is 0.269 e. The summed E-state index contributed by atoms with van der Waals surface area (Å²) in [5.74, 6) is 1.33. The third-order valence-corrected chi connectivity index (χ3v) is 4.22. The van der Waals surface area contributed by atoms with E-state index < -0.39 is 0 Å². The van der Waals surface area contributed by atoms with Crippen molar-refractivity contribution in [2.75, 3.05) is 7.11 Å². The van der Waals surface area contributed by atoms with Gasteiger partial charge in [0.15, 0.2) is 0 Å². The molecule has 5 nitrogen and oxygen atoms in total. The van der Waals surface area contributed by atoms with Crippen molar-refractivity contribution in [1.29, 1.82) is 0 Å². The zero-order valence-corrected chi connectivity index (χ0v) is 13.9. The lowest BCUT2D eigenvalue weighted by molar-refractivity contribution is 0.0930. The van der Waals surface area contributed by atoms with E-state index in [-0.39, 0.29) is 11.9 Å². The third-order valence-electron chi connectivity index (χ3n) is 4.22. The van der Waals surface area contributed by atoms with Gasteiger partial charge in [-0.05, 0) is 43.9 Å². The Kier molecular flexibility index (Phi) is 4.37. The first kappa shape index (κ1) is 15.6. The molecule has 1 saturated carbocycles. The summed E-state index contributed by atoms with van der Waals surface area (Å²) < 4.78 is 7.04. The van der Waals surface area contributed by atoms with Crippen LogP contribution in [0.5, 0.6) is 5.75 Å². The highest BCUT2D eigenvalue weighted by atomic mass is 16.5. The highest BCUT2D eigenvalue weighted by Gasteiger charge is 2.28. The molecule has 0 spiro atoms. The van der Waals surface area contributed by atoms with Crippen LogP contribution in [0.4, 0.5) is 0 Å². The second kappa shape index (κ2) is 6.44. The number of methoxy groups -OCH3 is 1. The number of hydrogen-bond donors (Lipinski definition) is 1. The maximum absolute atomic E-state index is 12.5. The van der Waals surface area contributed by atoms with Crippen molar-refractivity contribution in [3.63, 3.8) is 0 Å². The van der Waals surface area contributed by atoms with Crippen LogP contribution in [0.1, 0.15) is 47.4 Å². The Hall–Kier alpha value is -2.30. The van der Waals surface area contributed by atoms with Crippen LogP contribution < -0.4 is 10.1 Å². The molecule has 2 aromatic rings. The average Bonchev–Trinajstić information content (AvgIpc) is 3.30. The number of nitrogens with zero attached hydrogens (tertiary/aromatic N) is 2. The number of benzene rings is 1. The first-order valence-electron chi connectivity index (χ1n) is 8.05. The fourth-order valence-corrected chi connectivity index (χ4v) is 2.83. The molecule has 1 aliphatic rings. The number of hydrogen-bond acceptors (Lipinski definition) is 3. The van der Waals surface area contributed by atoms with Crippen LogP contribution in [0.2, 0.25) is 0 Å². The number of rotatable bonds is 6. The summed E-state index contributed by atoms with van der Waals surface area (Å²) in [5, 5.41) is 7.50. The third kappa shape index (κ3) is 3.55. The summed E-state index contributed by atoms with van der Waals surface area (Å²) in [4.78, 5) is 12.5. The molecule has 1 fully saturated rings. The first-order chi connectivity index (χ1) is 11.1. The van der Waals surface area contributed by atoms with Crippen LogP contribution in [0, 0.1) is 0 Å². The van der Waals surface area contributed by atoms with E-state index in [1.807, 2.05) is 44.3 Å². The molecule has 0 bridgehead atoms. The van der Waals surface area contributed by atoms with Crippen molar-refractivity contribution < 1.29 is 9.53 Å². The SMILES string of the molecule is COc1ccccc1C[C@@H](C)NC(=O)c1cc(C2CC2)nn1C. The molecule has 3 rings (SSSR count). The molecule has 122 valence electrons. The fourth-order valence-electron chi connectivity index (χ4n) is 2.83. The predicted octanol–water partition coefficient (Wildman–Crippen LogP) is 2.67. The minimum Gasteiger partial charge on any atom is -0.496 e. The zero-order chi connectivity index (χ0) is 16.4. The molecule has 0 unspecified atom stereocenters. The van der Waals surface area contributed by atoms with Gasteiger partial charge in [-0.25, -0.2) is 0 Å². The van der Waals surface area contributed by atoms with Crippen molar-refractivity contribution in [1.82, 2.24) is 15.1 Å². The minimum absolute atomic E-state index is 0.0121. The monoisotopic (exact) mass is 313 g/mol. The second-order valence-corrected chi connectivity index (χ2v) is 6.24. The van der Waals surface area contributed by atoms with Gasteiger partial charge in [0.1, 0.15) is 11.4 Å². The maximum Gasteiger partial charge on any atom is 0.269 e. The molecule has 0 radical (unpaired) electrons. The summed E-state index contributed by atoms with van der Waals surface area (Å²) in [6, 6.07) is 9.82. The van der Waals surface area contributed by atoms with E-state index in [2.05, 4.69) is 10.4 Å². The van der Waals surface area contributed by atoms with Crippen LogP contribution in [0.15, 0.2) is 30.3 Å². The van der Waals surface area contributed by atoms with Gasteiger partial charge in [0.25, 0.3) is 5.91 Å². The molecule has 1 aliphatic carbocycles. The van der Waals surface area contributed by atoms with Gasteiger partial charge in [0.05, 0.1) is 12.8 Å². The molecule has 1 aromatic heterocycles. The van der Waals surface area contributed by atoms with E-state index in [9.17, 15) is 4.79 Å². The van der Waals surface area contributed by atoms with E-state index in [1.54, 1.807) is 11.8 Å². The van der Waals surface area contributed by atoms with Crippen LogP contribution in [0.3, 0.4) is 0 Å². The molecule has 1 amide bonds. The minimum atomic E-state index is -0.0747. The van der Waals surface area contributed by atoms with Crippen LogP contribution in [-0.2, 0) is 13.5 Å². The van der Waals surface area contributed by atoms with E-state index in [1.165, 1.54) is 12.8 Å². The first-order valence-corrected chi connectivity index (χ1v) is 8.05. The van der Waals surface area contributed by atoms with Gasteiger partial charge in [0.2, 0.25) is 0 Å². The number of aromatic nitrogens is 2. The lowest BCUT2D eigenvalue weighted by atomic mass is 10.1. The van der Waals surface area contributed by atoms with E-state index in [4.69, 9.17) is 4.74 Å². The van der Waals surface area contributed by atoms with Crippen molar-refractivity contribution in [3.05, 3.63) is 47.3 Å². The van der Waals surface area contributed by atoms with E-state index in [0.29, 0.717) is 11.6 Å². The summed E-state index contributed by atoms with van der Waals surface area (Å²) in [6.45, 7) is 2.00. The Balaban J connectivity index is 1.65. The number of aryl methyl sites for hydroxylation is 1. The van der Waals surface area contributed by atoms with Gasteiger partial charge in [0, 0.05) is 19.0 Å². The zero-order valence-electron chi connectivity index (χ0n) is 13.9. The summed E-state index contributed by atoms with van der Waals surface area (Å²) >= 11 is 0. The normalized spacial score (nSPS) is 15.3. The van der Waals surface area contributed by atoms with Gasteiger partial charge < -0.3 is 10.1 Å². The molecule has 1 atom stereocenters. The maximum atomic E-state index is 12.5. The summed E-state index contributed by atoms with van der Waals surface area (Å²) in [5.41, 5.74) is 2.75. The number of nitrogens with one attached hydrogen (secondary N) is 1. The molecule has 1 heterocycles. The lowest BCUT2D eigenvalue weighted by Gasteiger charge is -2.15. The molecule has 1 N–H and O–H groups in total. The van der Waals surface area contributed by atoms with Crippen LogP contribution >= 0.6 is 0 Å². The second-order valence-electron chi connectivity index (χ2n) is 6.24. The Bertz CT molecular complexity index is 704. The fraction of sp³-hybridized carbons (Fsp3) is 0.444. The Morgan fingerprint density at radius 3 is 2.87 bits per heavy atom. The average molecular weight is 313 g/mol. The van der Waals surface area contributed by atoms with Crippen molar-refractivity contribution in [3.8, 4) is 5.75 Å². The van der Waals surface area contributed by atoms with Crippen molar-refractivity contribution in [2.24, 2.45) is 7.05 Å². The molecule has 0 aliphatic heterocycles. The molecule has 23 heavy (non-hydrogen) atoms. The van der Waals surface area contributed by atoms with Gasteiger partial charge in [-0.2, -0.15) is 5.10 Å². The van der Waals surface area contributed by atoms with Crippen molar-refractivity contribution >= 4 is 5.91 Å². The lowest BCUT2D eigenvalue weighted by Crippen LogP contribution is -2.35. The number of carbonyl (C=O) groups excluding carboxylic acids is 1. The molecular weight excluding hydrogens is 290 g/mol. The van der Waals surface area contributed by atoms with Gasteiger partial charge in [-0.3, -0.25) is 9.48 Å². The summed E-state index contributed by atoms with van der Waals surface area (Å²) in [7, 11) is 3.49. The number of ether oxygens (including phenoxy) is 1. The van der Waals surface area contributed by atoms with E-state index in [0.717, 1.165) is 23.4 Å². The number of amides is 1. The quantitative estimate of drug-likeness (QED) is 0.892. The molecular formula is C18H23N3O2. The van der Waals surface area contributed by atoms with Gasteiger partial charge in [-0.15, -0.1) is 0 Å². The Labute approximate surface area is 136 Å². The predicted molar refractivity (Wildman–Crippen MR) is 88.8 cm³/mol. The number of carbonyl (C=O) groups is 1. The van der Waals surface area contributed by atoms with E-state index >= 15 is 0 Å². The van der Waals surface area contributed by atoms with Crippen LogP contribution in [0.25, 0.3) is 0 Å². The van der Waals surface area contributed by atoms with Crippen molar-refractivity contribution in [2.45, 2.75) is 38.1 Å². The standard InChI is InChI=1S/C18H23N3O2/c1-12(10-14-6-4-5-7-17(14)23-3)19-18(22)16-11-15(13-8-9-13)20-21(16)2/h4-7,11-13H,8-10H2,1-3H3,(H,19,22)/t12-/m1/s1. The van der Waals surface area contributed by atoms with Gasteiger partial charge >= 0.3 is 0 Å². The topological polar surface area (TPSA) is 56.1 Å². The Morgan fingerprint density at radius 2 is 2.17 bits per heavy atom. The van der Waals surface area contributed by atoms with Crippen LogP contribution in [-0.4, -0.2) is 28.8 Å². The molecule has 0 saturated heterocycles. The Morgan fingerprint density at radius 1 is 1.43 bits per heavy atom.